The Morgan fingerprint density at radius 3 is 2.46 bits per heavy atom. The summed E-state index contributed by atoms with van der Waals surface area (Å²) in [6, 6.07) is 3.10. The maximum absolute atomic E-state index is 12.6. The van der Waals surface area contributed by atoms with Gasteiger partial charge < -0.3 is 21.9 Å². The molecule has 6 N–H and O–H groups in total. The molecular weight excluding hydrogens is 302 g/mol. The lowest BCUT2D eigenvalue weighted by molar-refractivity contribution is -0.0297. The van der Waals surface area contributed by atoms with Crippen LogP contribution in [0, 0.1) is 23.2 Å². The predicted molar refractivity (Wildman–Crippen MR) is 95.2 cm³/mol. The van der Waals surface area contributed by atoms with E-state index < -0.39 is 11.6 Å². The zero-order valence-corrected chi connectivity index (χ0v) is 14.5. The molecule has 1 aromatic rings. The van der Waals surface area contributed by atoms with Crippen LogP contribution in [0.15, 0.2) is 12.1 Å². The van der Waals surface area contributed by atoms with Crippen molar-refractivity contribution in [3.05, 3.63) is 17.7 Å². The lowest BCUT2D eigenvalue weighted by Gasteiger charge is -2.32. The lowest BCUT2D eigenvalue weighted by Crippen LogP contribution is -2.36. The van der Waals surface area contributed by atoms with Gasteiger partial charge in [0.15, 0.2) is 0 Å². The van der Waals surface area contributed by atoms with Gasteiger partial charge >= 0.3 is 5.97 Å². The zero-order valence-electron chi connectivity index (χ0n) is 14.5. The quantitative estimate of drug-likeness (QED) is 0.583. The fraction of sp³-hybridized carbons (Fsp3) is 0.632. The molecule has 4 rings (SSSR count). The molecule has 1 aromatic carbocycles. The smallest absolute Gasteiger partial charge is 0.340 e. The molecule has 1 spiro atoms. The number of esters is 1. The summed E-state index contributed by atoms with van der Waals surface area (Å²) < 4.78 is 5.88. The first-order valence-corrected chi connectivity index (χ1v) is 8.92. The average Bonchev–Trinajstić information content (AvgIpc) is 2.75. The molecule has 0 saturated heterocycles. The molecule has 0 radical (unpaired) electrons. The highest BCUT2D eigenvalue weighted by Gasteiger charge is 2.71. The summed E-state index contributed by atoms with van der Waals surface area (Å²) in [4.78, 5) is 12.6. The van der Waals surface area contributed by atoms with E-state index in [2.05, 4.69) is 0 Å². The summed E-state index contributed by atoms with van der Waals surface area (Å²) in [6.45, 7) is 4.04. The first kappa shape index (κ1) is 15.6. The van der Waals surface area contributed by atoms with Gasteiger partial charge in [-0.05, 0) is 81.3 Å². The summed E-state index contributed by atoms with van der Waals surface area (Å²) >= 11 is 0. The van der Waals surface area contributed by atoms with Gasteiger partial charge in [-0.1, -0.05) is 0 Å². The summed E-state index contributed by atoms with van der Waals surface area (Å²) in [6.07, 6.45) is 6.42. The number of rotatable bonds is 3. The molecule has 5 heteroatoms. The van der Waals surface area contributed by atoms with Gasteiger partial charge in [-0.15, -0.1) is 0 Å². The summed E-state index contributed by atoms with van der Waals surface area (Å²) in [5, 5.41) is 0. The predicted octanol–water partition coefficient (Wildman–Crippen LogP) is 3.19. The molecule has 0 amide bonds. The van der Waals surface area contributed by atoms with E-state index in [1.54, 1.807) is 12.1 Å². The first-order chi connectivity index (χ1) is 11.2. The topological polar surface area (TPSA) is 104 Å². The van der Waals surface area contributed by atoms with E-state index in [4.69, 9.17) is 21.9 Å². The number of nitrogen functional groups attached to an aromatic ring is 3. The third kappa shape index (κ3) is 2.10. The molecule has 5 nitrogen and oxygen atoms in total. The van der Waals surface area contributed by atoms with E-state index in [1.807, 2.05) is 13.8 Å². The van der Waals surface area contributed by atoms with Gasteiger partial charge in [0.1, 0.15) is 5.60 Å². The van der Waals surface area contributed by atoms with Crippen molar-refractivity contribution in [2.24, 2.45) is 23.2 Å². The van der Waals surface area contributed by atoms with E-state index >= 15 is 0 Å². The summed E-state index contributed by atoms with van der Waals surface area (Å²) in [5.41, 5.74) is 18.9. The second-order valence-corrected chi connectivity index (χ2v) is 8.53. The van der Waals surface area contributed by atoms with Crippen molar-refractivity contribution in [2.75, 3.05) is 17.2 Å². The number of carbonyl (C=O) groups is 1. The van der Waals surface area contributed by atoms with Crippen LogP contribution in [0.2, 0.25) is 0 Å². The second-order valence-electron chi connectivity index (χ2n) is 8.53. The van der Waals surface area contributed by atoms with Crippen LogP contribution < -0.4 is 17.2 Å². The van der Waals surface area contributed by atoms with Crippen molar-refractivity contribution in [3.63, 3.8) is 0 Å². The Bertz CT molecular complexity index is 703. The molecule has 0 bridgehead atoms. The molecular formula is C19H27N3O2. The molecule has 0 heterocycles. The van der Waals surface area contributed by atoms with Crippen LogP contribution in [-0.2, 0) is 4.74 Å². The Hall–Kier alpha value is -1.91. The van der Waals surface area contributed by atoms with Gasteiger partial charge in [-0.3, -0.25) is 0 Å². The summed E-state index contributed by atoms with van der Waals surface area (Å²) in [5.74, 6) is 1.89. The van der Waals surface area contributed by atoms with Crippen LogP contribution in [-0.4, -0.2) is 11.6 Å². The molecule has 0 aliphatic heterocycles. The van der Waals surface area contributed by atoms with Crippen LogP contribution in [0.1, 0.15) is 56.3 Å². The van der Waals surface area contributed by atoms with Crippen molar-refractivity contribution in [2.45, 2.75) is 51.6 Å². The monoisotopic (exact) mass is 329 g/mol. The first-order valence-electron chi connectivity index (χ1n) is 8.92. The van der Waals surface area contributed by atoms with E-state index in [9.17, 15) is 4.79 Å². The van der Waals surface area contributed by atoms with Crippen molar-refractivity contribution in [1.82, 2.24) is 0 Å². The lowest BCUT2D eigenvalue weighted by atomic mass is 9.87. The number of anilines is 3. The molecule has 3 unspecified atom stereocenters. The van der Waals surface area contributed by atoms with Gasteiger partial charge in [0.2, 0.25) is 0 Å². The minimum atomic E-state index is -0.506. The molecule has 3 aliphatic rings. The number of nitrogens with two attached hydrogens (primary N) is 3. The highest BCUT2D eigenvalue weighted by Crippen LogP contribution is 2.78. The number of ether oxygens (including phenoxy) is 1. The average molecular weight is 329 g/mol. The van der Waals surface area contributed by atoms with Crippen molar-refractivity contribution in [3.8, 4) is 0 Å². The Morgan fingerprint density at radius 1 is 1.17 bits per heavy atom. The van der Waals surface area contributed by atoms with Crippen LogP contribution in [0.5, 0.6) is 0 Å². The number of carbonyl (C=O) groups excluding carboxylic acids is 1. The fourth-order valence-corrected chi connectivity index (χ4v) is 5.36. The van der Waals surface area contributed by atoms with Crippen molar-refractivity contribution in [1.29, 1.82) is 0 Å². The zero-order chi connectivity index (χ0) is 17.3. The second kappa shape index (κ2) is 4.80. The standard InChI is InChI=1S/C19H27N3O2/c1-18(2,10-5-6-19(9-10)13-3-4-14(13)19)24-17(23)12-7-11(20)8-15(21)16(12)22/h7-8,10,13-14H,3-6,9,20-22H2,1-2H3. The summed E-state index contributed by atoms with van der Waals surface area (Å²) in [7, 11) is 0. The molecule has 24 heavy (non-hydrogen) atoms. The van der Waals surface area contributed by atoms with Gasteiger partial charge in [0, 0.05) is 5.69 Å². The normalized spacial score (nSPS) is 33.8. The van der Waals surface area contributed by atoms with Crippen LogP contribution in [0.3, 0.4) is 0 Å². The third-order valence-corrected chi connectivity index (χ3v) is 7.02. The number of hydrogen-bond donors (Lipinski definition) is 3. The van der Waals surface area contributed by atoms with Crippen LogP contribution >= 0.6 is 0 Å². The Kier molecular flexibility index (Phi) is 3.12. The minimum Gasteiger partial charge on any atom is -0.456 e. The van der Waals surface area contributed by atoms with E-state index in [1.165, 1.54) is 25.7 Å². The number of hydrogen-bond acceptors (Lipinski definition) is 5. The van der Waals surface area contributed by atoms with Crippen LogP contribution in [0.25, 0.3) is 0 Å². The number of benzene rings is 1. The SMILES string of the molecule is CC(C)(OC(=O)c1cc(N)cc(N)c1N)C1CCC2(C1)C1CCC12. The van der Waals surface area contributed by atoms with Crippen molar-refractivity contribution < 1.29 is 9.53 Å². The molecule has 3 fully saturated rings. The van der Waals surface area contributed by atoms with Crippen molar-refractivity contribution >= 4 is 23.0 Å². The highest BCUT2D eigenvalue weighted by molar-refractivity contribution is 5.99. The van der Waals surface area contributed by atoms with Gasteiger partial charge in [-0.2, -0.15) is 0 Å². The molecule has 3 atom stereocenters. The maximum atomic E-state index is 12.6. The van der Waals surface area contributed by atoms with Gasteiger partial charge in [0.25, 0.3) is 0 Å². The molecule has 130 valence electrons. The molecule has 3 aliphatic carbocycles. The molecule has 3 saturated carbocycles. The largest absolute Gasteiger partial charge is 0.456 e. The van der Waals surface area contributed by atoms with E-state index in [0.717, 1.165) is 18.3 Å². The minimum absolute atomic E-state index is 0.244. The van der Waals surface area contributed by atoms with Crippen LogP contribution in [0.4, 0.5) is 17.1 Å². The fourth-order valence-electron chi connectivity index (χ4n) is 5.36. The third-order valence-electron chi connectivity index (χ3n) is 7.02. The van der Waals surface area contributed by atoms with E-state index in [0.29, 0.717) is 22.7 Å². The van der Waals surface area contributed by atoms with E-state index in [-0.39, 0.29) is 11.3 Å². The Morgan fingerprint density at radius 2 is 1.83 bits per heavy atom. The Labute approximate surface area is 142 Å². The van der Waals surface area contributed by atoms with Gasteiger partial charge in [0.05, 0.1) is 16.9 Å². The maximum Gasteiger partial charge on any atom is 0.340 e. The highest BCUT2D eigenvalue weighted by atomic mass is 16.6. The van der Waals surface area contributed by atoms with Gasteiger partial charge in [-0.25, -0.2) is 4.79 Å². The number of fused-ring (bicyclic) bond motifs is 3. The molecule has 0 aromatic heterocycles. The Balaban J connectivity index is 1.49.